The second-order valence-corrected chi connectivity index (χ2v) is 7.46. The van der Waals surface area contributed by atoms with E-state index in [9.17, 15) is 14.0 Å². The van der Waals surface area contributed by atoms with E-state index in [0.29, 0.717) is 34.2 Å². The molecular weight excluding hydrogens is 389 g/mol. The Balaban J connectivity index is 1.73. The van der Waals surface area contributed by atoms with Crippen LogP contribution in [0.2, 0.25) is 5.02 Å². The highest BCUT2D eigenvalue weighted by Crippen LogP contribution is 2.33. The molecule has 8 heteroatoms. The molecule has 0 atom stereocenters. The van der Waals surface area contributed by atoms with Crippen molar-refractivity contribution in [1.82, 2.24) is 10.3 Å². The van der Waals surface area contributed by atoms with Gasteiger partial charge in [0.05, 0.1) is 10.2 Å². The molecule has 3 aromatic rings. The fourth-order valence-electron chi connectivity index (χ4n) is 2.55. The number of halogens is 2. The van der Waals surface area contributed by atoms with Crippen LogP contribution < -0.4 is 10.6 Å². The van der Waals surface area contributed by atoms with E-state index >= 15 is 0 Å². The maximum absolute atomic E-state index is 13.4. The van der Waals surface area contributed by atoms with Gasteiger partial charge >= 0.3 is 0 Å². The maximum atomic E-state index is 13.4. The van der Waals surface area contributed by atoms with Crippen LogP contribution in [0.1, 0.15) is 19.8 Å². The van der Waals surface area contributed by atoms with E-state index in [1.165, 1.54) is 30.4 Å². The van der Waals surface area contributed by atoms with Crippen molar-refractivity contribution in [3.63, 3.8) is 0 Å². The number of hydrogen-bond acceptors (Lipinski definition) is 4. The van der Waals surface area contributed by atoms with Gasteiger partial charge in [-0.1, -0.05) is 11.6 Å². The third kappa shape index (κ3) is 5.24. The van der Waals surface area contributed by atoms with Crippen LogP contribution in [0.3, 0.4) is 0 Å². The normalized spacial score (nSPS) is 10.8. The van der Waals surface area contributed by atoms with Crippen LogP contribution in [-0.2, 0) is 9.59 Å². The van der Waals surface area contributed by atoms with Crippen LogP contribution >= 0.6 is 22.9 Å². The van der Waals surface area contributed by atoms with Gasteiger partial charge in [-0.3, -0.25) is 9.59 Å². The van der Waals surface area contributed by atoms with Gasteiger partial charge in [-0.05, 0) is 36.8 Å². The molecule has 3 rings (SSSR count). The van der Waals surface area contributed by atoms with Gasteiger partial charge < -0.3 is 10.6 Å². The van der Waals surface area contributed by atoms with Gasteiger partial charge in [-0.2, -0.15) is 0 Å². The van der Waals surface area contributed by atoms with E-state index in [1.54, 1.807) is 24.3 Å². The maximum Gasteiger partial charge on any atom is 0.224 e. The lowest BCUT2D eigenvalue weighted by molar-refractivity contribution is -0.119. The summed E-state index contributed by atoms with van der Waals surface area (Å²) in [5.41, 5.74) is 1.89. The Morgan fingerprint density at radius 2 is 2.04 bits per heavy atom. The summed E-state index contributed by atoms with van der Waals surface area (Å²) in [7, 11) is 0. The van der Waals surface area contributed by atoms with Crippen LogP contribution in [0, 0.1) is 5.82 Å². The molecule has 0 bridgehead atoms. The minimum Gasteiger partial charge on any atom is -0.356 e. The molecule has 2 N–H and O–H groups in total. The summed E-state index contributed by atoms with van der Waals surface area (Å²) in [4.78, 5) is 27.3. The number of hydrogen-bond donors (Lipinski definition) is 2. The molecule has 0 unspecified atom stereocenters. The molecule has 0 saturated heterocycles. The minimum atomic E-state index is -0.336. The average molecular weight is 406 g/mol. The molecular formula is C19H17ClFN3O2S. The predicted molar refractivity (Wildman–Crippen MR) is 107 cm³/mol. The highest BCUT2D eigenvalue weighted by molar-refractivity contribution is 7.21. The Bertz CT molecular complexity index is 1010. The Morgan fingerprint density at radius 1 is 1.22 bits per heavy atom. The number of amides is 2. The lowest BCUT2D eigenvalue weighted by atomic mass is 10.2. The largest absolute Gasteiger partial charge is 0.356 e. The number of carbonyl (C=O) groups is 2. The first-order chi connectivity index (χ1) is 12.9. The molecule has 1 aromatic heterocycles. The van der Waals surface area contributed by atoms with E-state index in [4.69, 9.17) is 11.6 Å². The van der Waals surface area contributed by atoms with Gasteiger partial charge in [0.1, 0.15) is 10.8 Å². The molecule has 27 heavy (non-hydrogen) atoms. The zero-order chi connectivity index (χ0) is 19.4. The van der Waals surface area contributed by atoms with Crippen molar-refractivity contribution < 1.29 is 14.0 Å². The van der Waals surface area contributed by atoms with E-state index in [2.05, 4.69) is 15.6 Å². The lowest BCUT2D eigenvalue weighted by Crippen LogP contribution is -2.22. The first-order valence-corrected chi connectivity index (χ1v) is 9.51. The van der Waals surface area contributed by atoms with Gasteiger partial charge in [0.25, 0.3) is 0 Å². The minimum absolute atomic E-state index is 0.120. The van der Waals surface area contributed by atoms with Gasteiger partial charge in [-0.25, -0.2) is 9.37 Å². The Morgan fingerprint density at radius 3 is 2.81 bits per heavy atom. The topological polar surface area (TPSA) is 71.1 Å². The molecule has 0 aliphatic heterocycles. The van der Waals surface area contributed by atoms with E-state index in [1.807, 2.05) is 0 Å². The summed E-state index contributed by atoms with van der Waals surface area (Å²) < 4.78 is 14.2. The van der Waals surface area contributed by atoms with E-state index in [-0.39, 0.29) is 24.1 Å². The SMILES string of the molecule is CC(=O)NCCCC(=O)Nc1cc(Cl)cc(-c2nc3cc(F)ccc3s2)c1. The van der Waals surface area contributed by atoms with Crippen molar-refractivity contribution in [2.75, 3.05) is 11.9 Å². The molecule has 140 valence electrons. The van der Waals surface area contributed by atoms with Crippen LogP contribution in [0.25, 0.3) is 20.8 Å². The summed E-state index contributed by atoms with van der Waals surface area (Å²) >= 11 is 7.61. The first kappa shape index (κ1) is 19.3. The number of benzene rings is 2. The summed E-state index contributed by atoms with van der Waals surface area (Å²) in [6.07, 6.45) is 0.824. The second kappa shape index (κ2) is 8.45. The molecule has 0 saturated carbocycles. The summed E-state index contributed by atoms with van der Waals surface area (Å²) in [6, 6.07) is 9.66. The Hall–Kier alpha value is -2.51. The van der Waals surface area contributed by atoms with E-state index < -0.39 is 0 Å². The van der Waals surface area contributed by atoms with Crippen LogP contribution in [0.4, 0.5) is 10.1 Å². The lowest BCUT2D eigenvalue weighted by Gasteiger charge is -2.08. The third-order valence-electron chi connectivity index (χ3n) is 3.73. The first-order valence-electron chi connectivity index (χ1n) is 8.32. The number of nitrogens with one attached hydrogen (secondary N) is 2. The molecule has 2 amide bonds. The number of thiazole rings is 1. The predicted octanol–water partition coefficient (Wildman–Crippen LogP) is 4.61. The van der Waals surface area contributed by atoms with Gasteiger partial charge in [-0.15, -0.1) is 11.3 Å². The van der Waals surface area contributed by atoms with Gasteiger partial charge in [0.15, 0.2) is 0 Å². The third-order valence-corrected chi connectivity index (χ3v) is 5.04. The summed E-state index contributed by atoms with van der Waals surface area (Å²) in [5.74, 6) is -0.622. The summed E-state index contributed by atoms with van der Waals surface area (Å²) in [5, 5.41) is 6.61. The number of rotatable bonds is 6. The van der Waals surface area contributed by atoms with Crippen LogP contribution in [0.5, 0.6) is 0 Å². The monoisotopic (exact) mass is 405 g/mol. The second-order valence-electron chi connectivity index (χ2n) is 5.99. The molecule has 0 spiro atoms. The van der Waals surface area contributed by atoms with Crippen molar-refractivity contribution >= 4 is 50.7 Å². The standard InChI is InChI=1S/C19H17ClFN3O2S/c1-11(25)22-6-2-3-18(26)23-15-8-12(7-13(20)9-15)19-24-16-10-14(21)4-5-17(16)27-19/h4-5,7-10H,2-3,6H2,1H3,(H,22,25)(H,23,26). The molecule has 5 nitrogen and oxygen atoms in total. The quantitative estimate of drug-likeness (QED) is 0.588. The van der Waals surface area contributed by atoms with Gasteiger partial charge in [0, 0.05) is 42.2 Å². The van der Waals surface area contributed by atoms with Crippen LogP contribution in [0.15, 0.2) is 36.4 Å². The molecule has 2 aromatic carbocycles. The smallest absolute Gasteiger partial charge is 0.224 e. The number of anilines is 1. The van der Waals surface area contributed by atoms with Crippen molar-refractivity contribution in [2.45, 2.75) is 19.8 Å². The number of carbonyl (C=O) groups excluding carboxylic acids is 2. The number of aromatic nitrogens is 1. The van der Waals surface area contributed by atoms with Crippen molar-refractivity contribution in [1.29, 1.82) is 0 Å². The fraction of sp³-hybridized carbons (Fsp3) is 0.211. The summed E-state index contributed by atoms with van der Waals surface area (Å²) in [6.45, 7) is 1.88. The van der Waals surface area contributed by atoms with E-state index in [0.717, 1.165) is 10.3 Å². The number of fused-ring (bicyclic) bond motifs is 1. The zero-order valence-corrected chi connectivity index (χ0v) is 16.1. The Kier molecular flexibility index (Phi) is 6.03. The Labute approximate surface area is 164 Å². The molecule has 0 radical (unpaired) electrons. The highest BCUT2D eigenvalue weighted by atomic mass is 35.5. The molecule has 0 fully saturated rings. The van der Waals surface area contributed by atoms with Crippen molar-refractivity contribution in [3.8, 4) is 10.6 Å². The average Bonchev–Trinajstić information content (AvgIpc) is 3.01. The molecule has 0 aliphatic rings. The highest BCUT2D eigenvalue weighted by Gasteiger charge is 2.11. The van der Waals surface area contributed by atoms with Crippen LogP contribution in [-0.4, -0.2) is 23.3 Å². The number of nitrogens with zero attached hydrogens (tertiary/aromatic N) is 1. The van der Waals surface area contributed by atoms with Crippen molar-refractivity contribution in [3.05, 3.63) is 47.2 Å². The molecule has 0 aliphatic carbocycles. The zero-order valence-electron chi connectivity index (χ0n) is 14.5. The fourth-order valence-corrected chi connectivity index (χ4v) is 3.71. The van der Waals surface area contributed by atoms with Crippen molar-refractivity contribution in [2.24, 2.45) is 0 Å². The molecule has 1 heterocycles. The van der Waals surface area contributed by atoms with Gasteiger partial charge in [0.2, 0.25) is 11.8 Å².